The molecule has 1 aromatic rings. The Morgan fingerprint density at radius 2 is 2.23 bits per heavy atom. The Balaban J connectivity index is 2.53. The Labute approximate surface area is 80.1 Å². The SMILES string of the molecule is CCNCCc1cc(C)nn1CC. The molecule has 0 radical (unpaired) electrons. The second kappa shape index (κ2) is 5.02. The third-order valence-electron chi connectivity index (χ3n) is 2.09. The predicted molar refractivity (Wildman–Crippen MR) is 54.9 cm³/mol. The van der Waals surface area contributed by atoms with Gasteiger partial charge in [-0.2, -0.15) is 5.10 Å². The lowest BCUT2D eigenvalue weighted by atomic mass is 10.3. The standard InChI is InChI=1S/C10H19N3/c1-4-11-7-6-10-8-9(3)12-13(10)5-2/h8,11H,4-7H2,1-3H3. The summed E-state index contributed by atoms with van der Waals surface area (Å²) < 4.78 is 2.08. The number of nitrogens with one attached hydrogen (secondary N) is 1. The topological polar surface area (TPSA) is 29.9 Å². The molecule has 74 valence electrons. The molecule has 1 aromatic heterocycles. The lowest BCUT2D eigenvalue weighted by Gasteiger charge is -2.04. The highest BCUT2D eigenvalue weighted by Gasteiger charge is 2.02. The molecule has 13 heavy (non-hydrogen) atoms. The number of rotatable bonds is 5. The zero-order chi connectivity index (χ0) is 9.68. The molecule has 1 heterocycles. The van der Waals surface area contributed by atoms with Crippen LogP contribution in [-0.2, 0) is 13.0 Å². The van der Waals surface area contributed by atoms with Crippen LogP contribution in [0.3, 0.4) is 0 Å². The molecule has 0 bridgehead atoms. The van der Waals surface area contributed by atoms with Crippen LogP contribution in [0.2, 0.25) is 0 Å². The van der Waals surface area contributed by atoms with Crippen LogP contribution in [0.25, 0.3) is 0 Å². The van der Waals surface area contributed by atoms with Crippen molar-refractivity contribution in [2.45, 2.75) is 33.7 Å². The van der Waals surface area contributed by atoms with Gasteiger partial charge in [-0.1, -0.05) is 6.92 Å². The number of likely N-dealkylation sites (N-methyl/N-ethyl adjacent to an activating group) is 1. The third-order valence-corrected chi connectivity index (χ3v) is 2.09. The molecule has 3 heteroatoms. The molecule has 0 aliphatic heterocycles. The molecule has 1 rings (SSSR count). The zero-order valence-corrected chi connectivity index (χ0v) is 8.80. The van der Waals surface area contributed by atoms with E-state index in [0.29, 0.717) is 0 Å². The molecular formula is C10H19N3. The van der Waals surface area contributed by atoms with E-state index in [0.717, 1.165) is 31.7 Å². The van der Waals surface area contributed by atoms with Crippen molar-refractivity contribution in [3.63, 3.8) is 0 Å². The van der Waals surface area contributed by atoms with E-state index < -0.39 is 0 Å². The van der Waals surface area contributed by atoms with E-state index in [1.54, 1.807) is 0 Å². The summed E-state index contributed by atoms with van der Waals surface area (Å²) in [6, 6.07) is 2.17. The molecule has 0 aliphatic carbocycles. The summed E-state index contributed by atoms with van der Waals surface area (Å²) in [5, 5.41) is 7.71. The van der Waals surface area contributed by atoms with Crippen LogP contribution in [0.15, 0.2) is 6.07 Å². The fourth-order valence-corrected chi connectivity index (χ4v) is 1.47. The van der Waals surface area contributed by atoms with Crippen molar-refractivity contribution >= 4 is 0 Å². The molecule has 0 unspecified atom stereocenters. The van der Waals surface area contributed by atoms with Gasteiger partial charge >= 0.3 is 0 Å². The van der Waals surface area contributed by atoms with Crippen LogP contribution in [0.4, 0.5) is 0 Å². The Kier molecular flexibility index (Phi) is 3.96. The van der Waals surface area contributed by atoms with Gasteiger partial charge in [-0.05, 0) is 26.5 Å². The van der Waals surface area contributed by atoms with Crippen molar-refractivity contribution in [3.8, 4) is 0 Å². The van der Waals surface area contributed by atoms with Gasteiger partial charge in [-0.3, -0.25) is 4.68 Å². The largest absolute Gasteiger partial charge is 0.317 e. The lowest BCUT2D eigenvalue weighted by Crippen LogP contribution is -2.17. The first-order valence-corrected chi connectivity index (χ1v) is 5.02. The van der Waals surface area contributed by atoms with Crippen molar-refractivity contribution in [3.05, 3.63) is 17.5 Å². The number of hydrogen-bond acceptors (Lipinski definition) is 2. The zero-order valence-electron chi connectivity index (χ0n) is 8.80. The Bertz CT molecular complexity index is 253. The first kappa shape index (κ1) is 10.3. The van der Waals surface area contributed by atoms with Crippen LogP contribution in [0, 0.1) is 6.92 Å². The fourth-order valence-electron chi connectivity index (χ4n) is 1.47. The van der Waals surface area contributed by atoms with Crippen LogP contribution in [0.5, 0.6) is 0 Å². The Hall–Kier alpha value is -0.830. The summed E-state index contributed by atoms with van der Waals surface area (Å²) in [7, 11) is 0. The minimum Gasteiger partial charge on any atom is -0.317 e. The maximum absolute atomic E-state index is 4.40. The summed E-state index contributed by atoms with van der Waals surface area (Å²) in [6.07, 6.45) is 1.07. The molecule has 0 aromatic carbocycles. The van der Waals surface area contributed by atoms with E-state index in [9.17, 15) is 0 Å². The molecule has 0 saturated heterocycles. The van der Waals surface area contributed by atoms with Gasteiger partial charge in [0.15, 0.2) is 0 Å². The molecule has 0 saturated carbocycles. The van der Waals surface area contributed by atoms with Crippen LogP contribution < -0.4 is 5.32 Å². The van der Waals surface area contributed by atoms with Crippen molar-refractivity contribution in [2.75, 3.05) is 13.1 Å². The van der Waals surface area contributed by atoms with Crippen molar-refractivity contribution in [1.82, 2.24) is 15.1 Å². The fraction of sp³-hybridized carbons (Fsp3) is 0.700. The van der Waals surface area contributed by atoms with Gasteiger partial charge in [0.2, 0.25) is 0 Å². The first-order valence-electron chi connectivity index (χ1n) is 5.02. The maximum Gasteiger partial charge on any atom is 0.0596 e. The van der Waals surface area contributed by atoms with Gasteiger partial charge in [0.05, 0.1) is 5.69 Å². The summed E-state index contributed by atoms with van der Waals surface area (Å²) in [5.41, 5.74) is 2.45. The molecule has 0 fully saturated rings. The van der Waals surface area contributed by atoms with Crippen molar-refractivity contribution in [2.24, 2.45) is 0 Å². The first-order chi connectivity index (χ1) is 6.27. The van der Waals surface area contributed by atoms with E-state index in [-0.39, 0.29) is 0 Å². The minimum atomic E-state index is 0.968. The van der Waals surface area contributed by atoms with Crippen LogP contribution >= 0.6 is 0 Å². The van der Waals surface area contributed by atoms with E-state index in [1.807, 2.05) is 6.92 Å². The van der Waals surface area contributed by atoms with Crippen molar-refractivity contribution < 1.29 is 0 Å². The smallest absolute Gasteiger partial charge is 0.0596 e. The second-order valence-electron chi connectivity index (χ2n) is 3.20. The normalized spacial score (nSPS) is 10.7. The van der Waals surface area contributed by atoms with E-state index in [4.69, 9.17) is 0 Å². The predicted octanol–water partition coefficient (Wildman–Crippen LogP) is 1.36. The van der Waals surface area contributed by atoms with Crippen molar-refractivity contribution in [1.29, 1.82) is 0 Å². The summed E-state index contributed by atoms with van der Waals surface area (Å²) >= 11 is 0. The Morgan fingerprint density at radius 3 is 2.85 bits per heavy atom. The number of hydrogen-bond donors (Lipinski definition) is 1. The van der Waals surface area contributed by atoms with Gasteiger partial charge < -0.3 is 5.32 Å². The maximum atomic E-state index is 4.40. The van der Waals surface area contributed by atoms with Gasteiger partial charge in [0, 0.05) is 25.2 Å². The third kappa shape index (κ3) is 2.84. The minimum absolute atomic E-state index is 0.968. The summed E-state index contributed by atoms with van der Waals surface area (Å²) in [6.45, 7) is 9.35. The number of aryl methyl sites for hydroxylation is 2. The molecular weight excluding hydrogens is 162 g/mol. The molecule has 1 N–H and O–H groups in total. The van der Waals surface area contributed by atoms with E-state index >= 15 is 0 Å². The van der Waals surface area contributed by atoms with Gasteiger partial charge in [-0.15, -0.1) is 0 Å². The highest BCUT2D eigenvalue weighted by molar-refractivity contribution is 5.09. The Morgan fingerprint density at radius 1 is 1.46 bits per heavy atom. The van der Waals surface area contributed by atoms with E-state index in [1.165, 1.54) is 5.69 Å². The van der Waals surface area contributed by atoms with Crippen LogP contribution in [0.1, 0.15) is 25.2 Å². The molecule has 0 atom stereocenters. The molecule has 0 aliphatic rings. The second-order valence-corrected chi connectivity index (χ2v) is 3.20. The monoisotopic (exact) mass is 181 g/mol. The van der Waals surface area contributed by atoms with Crippen LogP contribution in [-0.4, -0.2) is 22.9 Å². The highest BCUT2D eigenvalue weighted by atomic mass is 15.3. The summed E-state index contributed by atoms with van der Waals surface area (Å²) in [5.74, 6) is 0. The average molecular weight is 181 g/mol. The molecule has 0 spiro atoms. The van der Waals surface area contributed by atoms with Gasteiger partial charge in [0.25, 0.3) is 0 Å². The lowest BCUT2D eigenvalue weighted by molar-refractivity contribution is 0.600. The molecule has 0 amide bonds. The average Bonchev–Trinajstić information content (AvgIpc) is 2.47. The van der Waals surface area contributed by atoms with Gasteiger partial charge in [0.1, 0.15) is 0 Å². The highest BCUT2D eigenvalue weighted by Crippen LogP contribution is 2.03. The summed E-state index contributed by atoms with van der Waals surface area (Å²) in [4.78, 5) is 0. The molecule has 3 nitrogen and oxygen atoms in total. The number of aromatic nitrogens is 2. The number of nitrogens with zero attached hydrogens (tertiary/aromatic N) is 2. The quantitative estimate of drug-likeness (QED) is 0.695. The van der Waals surface area contributed by atoms with Gasteiger partial charge in [-0.25, -0.2) is 0 Å². The van der Waals surface area contributed by atoms with E-state index in [2.05, 4.69) is 35.0 Å².